The molecule has 2 aromatic heterocycles. The monoisotopic (exact) mass is 423 g/mol. The highest BCUT2D eigenvalue weighted by Gasteiger charge is 2.33. The quantitative estimate of drug-likeness (QED) is 0.583. The molecule has 0 fully saturated rings. The van der Waals surface area contributed by atoms with E-state index >= 15 is 0 Å². The molecule has 0 amide bonds. The van der Waals surface area contributed by atoms with E-state index in [9.17, 15) is 9.50 Å². The molecule has 2 aliphatic heterocycles. The van der Waals surface area contributed by atoms with Crippen LogP contribution in [0.3, 0.4) is 0 Å². The van der Waals surface area contributed by atoms with Crippen LogP contribution in [0, 0.1) is 12.7 Å². The summed E-state index contributed by atoms with van der Waals surface area (Å²) in [5, 5.41) is 14.2. The summed E-state index contributed by atoms with van der Waals surface area (Å²) >= 11 is 0. The second-order valence-corrected chi connectivity index (χ2v) is 8.39. The van der Waals surface area contributed by atoms with E-state index in [0.717, 1.165) is 39.5 Å². The van der Waals surface area contributed by atoms with E-state index < -0.39 is 0 Å². The number of aliphatic hydroxyl groups is 1. The van der Waals surface area contributed by atoms with Crippen LogP contribution < -0.4 is 10.9 Å². The Labute approximate surface area is 180 Å². The number of nitrogens with zero attached hydrogens (tertiary/aromatic N) is 5. The number of fused-ring (bicyclic) bond motifs is 4. The molecule has 0 saturated heterocycles. The molecule has 0 saturated carbocycles. The first-order valence-corrected chi connectivity index (χ1v) is 10.5. The third kappa shape index (κ3) is 3.38. The molecule has 8 nitrogen and oxygen atoms in total. The number of aromatic nitrogens is 4. The lowest BCUT2D eigenvalue weighted by Gasteiger charge is -2.26. The van der Waals surface area contributed by atoms with Gasteiger partial charge in [0, 0.05) is 24.6 Å². The normalized spacial score (nSPS) is 20.4. The third-order valence-electron chi connectivity index (χ3n) is 6.20. The molecule has 2 atom stereocenters. The second kappa shape index (κ2) is 7.67. The molecular formula is C22H26FN7O. The molecule has 2 aliphatic rings. The zero-order valence-corrected chi connectivity index (χ0v) is 17.9. The average molecular weight is 423 g/mol. The predicted octanol–water partition coefficient (Wildman–Crippen LogP) is 2.50. The van der Waals surface area contributed by atoms with Gasteiger partial charge in [-0.1, -0.05) is 13.0 Å². The van der Waals surface area contributed by atoms with Crippen molar-refractivity contribution < 1.29 is 9.50 Å². The molecule has 162 valence electrons. The molecule has 1 unspecified atom stereocenters. The number of hydrogen-bond donors (Lipinski definition) is 3. The van der Waals surface area contributed by atoms with Gasteiger partial charge < -0.3 is 10.5 Å². The van der Waals surface area contributed by atoms with Crippen LogP contribution in [-0.4, -0.2) is 43.4 Å². The molecule has 2 bridgehead atoms. The molecule has 5 rings (SSSR count). The first-order chi connectivity index (χ1) is 15.0. The van der Waals surface area contributed by atoms with E-state index in [4.69, 9.17) is 4.98 Å². The number of halogens is 1. The highest BCUT2D eigenvalue weighted by atomic mass is 19.1. The first-order valence-electron chi connectivity index (χ1n) is 10.5. The second-order valence-electron chi connectivity index (χ2n) is 8.39. The van der Waals surface area contributed by atoms with E-state index in [2.05, 4.69) is 32.8 Å². The van der Waals surface area contributed by atoms with Gasteiger partial charge in [-0.15, -0.1) is 0 Å². The fraction of sp³-hybridized carbons (Fsp3) is 0.409. The standard InChI is InChI=1S/C22H26FN7O/c1-12-16-8-15(23)5-4-14(16)10-29(3)11-18-19(13(2)28-30(18)6-7-31)17-9-24-22-21(25-17)20(12)26-27-22/h4-5,8-9,12,20,26,31H,6-7,10-11H2,1-3H3,(H,24,27)/t12-,20?/m1/s1. The number of nitrogens with one attached hydrogen (secondary N) is 2. The van der Waals surface area contributed by atoms with Crippen molar-refractivity contribution in [2.75, 3.05) is 19.1 Å². The highest BCUT2D eigenvalue weighted by molar-refractivity contribution is 5.66. The Morgan fingerprint density at radius 3 is 2.94 bits per heavy atom. The summed E-state index contributed by atoms with van der Waals surface area (Å²) in [6, 6.07) is 4.86. The van der Waals surface area contributed by atoms with Gasteiger partial charge in [-0.2, -0.15) is 5.10 Å². The zero-order valence-electron chi connectivity index (χ0n) is 17.9. The minimum Gasteiger partial charge on any atom is -0.394 e. The van der Waals surface area contributed by atoms with Gasteiger partial charge in [-0.3, -0.25) is 9.58 Å². The van der Waals surface area contributed by atoms with Gasteiger partial charge in [0.05, 0.1) is 42.5 Å². The lowest BCUT2D eigenvalue weighted by molar-refractivity contribution is 0.257. The van der Waals surface area contributed by atoms with E-state index in [1.54, 1.807) is 12.3 Å². The van der Waals surface area contributed by atoms with Crippen molar-refractivity contribution in [1.82, 2.24) is 30.1 Å². The number of anilines is 1. The number of rotatable bonds is 2. The summed E-state index contributed by atoms with van der Waals surface area (Å²) < 4.78 is 16.1. The third-order valence-corrected chi connectivity index (χ3v) is 6.20. The van der Waals surface area contributed by atoms with Gasteiger partial charge >= 0.3 is 0 Å². The van der Waals surface area contributed by atoms with Gasteiger partial charge in [0.2, 0.25) is 0 Å². The number of hydrazine groups is 1. The zero-order chi connectivity index (χ0) is 21.7. The van der Waals surface area contributed by atoms with Crippen molar-refractivity contribution in [2.45, 2.75) is 45.4 Å². The number of aliphatic hydroxyl groups excluding tert-OH is 1. The molecule has 3 aromatic rings. The molecule has 31 heavy (non-hydrogen) atoms. The maximum Gasteiger partial charge on any atom is 0.163 e. The van der Waals surface area contributed by atoms with Gasteiger partial charge in [0.15, 0.2) is 5.82 Å². The maximum absolute atomic E-state index is 14.2. The molecule has 9 heteroatoms. The molecule has 4 heterocycles. The van der Waals surface area contributed by atoms with Crippen LogP contribution in [0.2, 0.25) is 0 Å². The van der Waals surface area contributed by atoms with Gasteiger partial charge in [0.25, 0.3) is 0 Å². The number of benzene rings is 1. The predicted molar refractivity (Wildman–Crippen MR) is 115 cm³/mol. The van der Waals surface area contributed by atoms with Crippen LogP contribution in [0.4, 0.5) is 10.2 Å². The maximum atomic E-state index is 14.2. The molecule has 0 spiro atoms. The van der Waals surface area contributed by atoms with E-state index in [0.29, 0.717) is 25.5 Å². The fourth-order valence-electron chi connectivity index (χ4n) is 4.73. The Hall–Kier alpha value is -2.88. The Bertz CT molecular complexity index is 1150. The largest absolute Gasteiger partial charge is 0.394 e. The summed E-state index contributed by atoms with van der Waals surface area (Å²) in [5.74, 6) is 0.425. The van der Waals surface area contributed by atoms with Gasteiger partial charge in [0.1, 0.15) is 11.5 Å². The Kier molecular flexibility index (Phi) is 4.96. The SMILES string of the molecule is Cc1nn(CCO)c2c1-c1cnc3c(n1)C(NN3)[C@H](C)c1cc(F)ccc1CN(C)C2. The Morgan fingerprint density at radius 2 is 2.13 bits per heavy atom. The minimum absolute atomic E-state index is 0.00266. The van der Waals surface area contributed by atoms with Crippen molar-refractivity contribution in [3.8, 4) is 11.3 Å². The van der Waals surface area contributed by atoms with Crippen LogP contribution in [0.5, 0.6) is 0 Å². The molecule has 0 aliphatic carbocycles. The molecule has 1 aromatic carbocycles. The summed E-state index contributed by atoms with van der Waals surface area (Å²) in [7, 11) is 2.04. The summed E-state index contributed by atoms with van der Waals surface area (Å²) in [6.07, 6.45) is 1.76. The van der Waals surface area contributed by atoms with Crippen LogP contribution >= 0.6 is 0 Å². The summed E-state index contributed by atoms with van der Waals surface area (Å²) in [4.78, 5) is 11.8. The van der Waals surface area contributed by atoms with Crippen molar-refractivity contribution in [3.05, 3.63) is 58.4 Å². The smallest absolute Gasteiger partial charge is 0.163 e. The summed E-state index contributed by atoms with van der Waals surface area (Å²) in [5.41, 5.74) is 12.8. The average Bonchev–Trinajstić information content (AvgIpc) is 3.29. The Morgan fingerprint density at radius 1 is 1.29 bits per heavy atom. The van der Waals surface area contributed by atoms with Crippen LogP contribution in [-0.2, 0) is 19.6 Å². The van der Waals surface area contributed by atoms with Crippen molar-refractivity contribution >= 4 is 5.82 Å². The van der Waals surface area contributed by atoms with Crippen LogP contribution in [0.15, 0.2) is 24.4 Å². The molecule has 3 N–H and O–H groups in total. The van der Waals surface area contributed by atoms with Crippen LogP contribution in [0.25, 0.3) is 11.3 Å². The minimum atomic E-state index is -0.245. The van der Waals surface area contributed by atoms with Crippen molar-refractivity contribution in [2.24, 2.45) is 0 Å². The van der Waals surface area contributed by atoms with Crippen LogP contribution in [0.1, 0.15) is 47.1 Å². The molecular weight excluding hydrogens is 397 g/mol. The number of hydrogen-bond acceptors (Lipinski definition) is 7. The fourth-order valence-corrected chi connectivity index (χ4v) is 4.73. The van der Waals surface area contributed by atoms with E-state index in [1.807, 2.05) is 24.7 Å². The molecule has 0 radical (unpaired) electrons. The van der Waals surface area contributed by atoms with Gasteiger partial charge in [-0.05, 0) is 37.2 Å². The van der Waals surface area contributed by atoms with Crippen molar-refractivity contribution in [3.63, 3.8) is 0 Å². The van der Waals surface area contributed by atoms with E-state index in [-0.39, 0.29) is 24.4 Å². The topological polar surface area (TPSA) is 91.1 Å². The highest BCUT2D eigenvalue weighted by Crippen LogP contribution is 2.40. The Balaban J connectivity index is 1.73. The lowest BCUT2D eigenvalue weighted by Crippen LogP contribution is -2.26. The van der Waals surface area contributed by atoms with Gasteiger partial charge in [-0.25, -0.2) is 19.8 Å². The number of aryl methyl sites for hydroxylation is 1. The van der Waals surface area contributed by atoms with E-state index in [1.165, 1.54) is 6.07 Å². The lowest BCUT2D eigenvalue weighted by atomic mass is 9.88. The summed E-state index contributed by atoms with van der Waals surface area (Å²) in [6.45, 7) is 5.73. The van der Waals surface area contributed by atoms with Crippen molar-refractivity contribution in [1.29, 1.82) is 0 Å². The first kappa shape index (κ1) is 20.0.